The number of nitrogens with one attached hydrogen (secondary N) is 1. The molecule has 0 saturated carbocycles. The van der Waals surface area contributed by atoms with Crippen LogP contribution in [0.25, 0.3) is 0 Å². The Balaban J connectivity index is 2.51. The van der Waals surface area contributed by atoms with Crippen molar-refractivity contribution in [2.75, 3.05) is 27.5 Å². The molecule has 0 saturated heterocycles. The highest BCUT2D eigenvalue weighted by Gasteiger charge is 2.29. The van der Waals surface area contributed by atoms with Crippen molar-refractivity contribution < 1.29 is 23.7 Å². The lowest BCUT2D eigenvalue weighted by Crippen LogP contribution is -2.18. The molecule has 0 aliphatic carbocycles. The van der Waals surface area contributed by atoms with E-state index in [2.05, 4.69) is 5.32 Å². The van der Waals surface area contributed by atoms with Crippen LogP contribution in [0.4, 0.5) is 4.39 Å². The third-order valence-electron chi connectivity index (χ3n) is 2.55. The van der Waals surface area contributed by atoms with Crippen LogP contribution in [-0.4, -0.2) is 32.6 Å². The lowest BCUT2D eigenvalue weighted by molar-refractivity contribution is 0.154. The average molecular weight is 243 g/mol. The Morgan fingerprint density at radius 2 is 2.35 bits per heavy atom. The second-order valence-electron chi connectivity index (χ2n) is 3.61. The van der Waals surface area contributed by atoms with Crippen LogP contribution in [0.5, 0.6) is 17.2 Å². The van der Waals surface area contributed by atoms with Crippen molar-refractivity contribution in [3.63, 3.8) is 0 Å². The Kier molecular flexibility index (Phi) is 3.35. The van der Waals surface area contributed by atoms with E-state index in [0.29, 0.717) is 5.75 Å². The molecular formula is C11H14FNO4. The molecule has 0 fully saturated rings. The Hall–Kier alpha value is -1.53. The molecule has 2 rings (SSSR count). The van der Waals surface area contributed by atoms with Crippen LogP contribution in [-0.2, 0) is 0 Å². The smallest absolute Gasteiger partial charge is 0.231 e. The fourth-order valence-corrected chi connectivity index (χ4v) is 1.76. The van der Waals surface area contributed by atoms with Gasteiger partial charge in [-0.25, -0.2) is 4.39 Å². The zero-order valence-electron chi connectivity index (χ0n) is 9.62. The number of benzene rings is 1. The monoisotopic (exact) mass is 243 g/mol. The van der Waals surface area contributed by atoms with Gasteiger partial charge in [-0.1, -0.05) is 0 Å². The summed E-state index contributed by atoms with van der Waals surface area (Å²) in [5.41, 5.74) is 0.0613. The molecule has 0 bridgehead atoms. The summed E-state index contributed by atoms with van der Waals surface area (Å²) in [7, 11) is 3.02. The number of aliphatic hydroxyl groups is 1. The Morgan fingerprint density at radius 1 is 1.59 bits per heavy atom. The molecule has 1 aliphatic heterocycles. The van der Waals surface area contributed by atoms with Crippen LogP contribution in [0.15, 0.2) is 6.07 Å². The van der Waals surface area contributed by atoms with E-state index < -0.39 is 11.9 Å². The van der Waals surface area contributed by atoms with Gasteiger partial charge in [0.2, 0.25) is 6.79 Å². The van der Waals surface area contributed by atoms with E-state index in [0.717, 1.165) is 0 Å². The van der Waals surface area contributed by atoms with Crippen LogP contribution in [0.1, 0.15) is 11.7 Å². The normalized spacial score (nSPS) is 14.8. The average Bonchev–Trinajstić information content (AvgIpc) is 2.75. The molecule has 1 heterocycles. The second-order valence-corrected chi connectivity index (χ2v) is 3.61. The van der Waals surface area contributed by atoms with Gasteiger partial charge in [-0.2, -0.15) is 0 Å². The number of fused-ring (bicyclic) bond motifs is 1. The van der Waals surface area contributed by atoms with Gasteiger partial charge in [-0.05, 0) is 7.05 Å². The first-order chi connectivity index (χ1) is 8.19. The predicted octanol–water partition coefficient (Wildman–Crippen LogP) is 0.816. The number of likely N-dealkylation sites (N-methyl/N-ethyl adjacent to an activating group) is 1. The summed E-state index contributed by atoms with van der Waals surface area (Å²) in [6, 6.07) is 1.41. The van der Waals surface area contributed by atoms with E-state index in [1.165, 1.54) is 13.2 Å². The third kappa shape index (κ3) is 2.01. The molecule has 1 aromatic carbocycles. The molecule has 1 aliphatic rings. The van der Waals surface area contributed by atoms with Crippen molar-refractivity contribution in [1.82, 2.24) is 5.32 Å². The summed E-state index contributed by atoms with van der Waals surface area (Å²) in [4.78, 5) is 0. The Morgan fingerprint density at radius 3 is 3.00 bits per heavy atom. The molecule has 0 aromatic heterocycles. The van der Waals surface area contributed by atoms with E-state index in [9.17, 15) is 9.50 Å². The first-order valence-corrected chi connectivity index (χ1v) is 5.17. The summed E-state index contributed by atoms with van der Waals surface area (Å²) in [5.74, 6) is 0.0263. The molecule has 2 N–H and O–H groups in total. The van der Waals surface area contributed by atoms with Crippen molar-refractivity contribution in [2.24, 2.45) is 0 Å². The fourth-order valence-electron chi connectivity index (χ4n) is 1.76. The van der Waals surface area contributed by atoms with E-state index in [1.807, 2.05) is 0 Å². The molecule has 17 heavy (non-hydrogen) atoms. The van der Waals surface area contributed by atoms with Crippen molar-refractivity contribution in [1.29, 1.82) is 0 Å². The minimum atomic E-state index is -1.02. The maximum absolute atomic E-state index is 14.1. The number of halogens is 1. The topological polar surface area (TPSA) is 60.0 Å². The van der Waals surface area contributed by atoms with Gasteiger partial charge in [0, 0.05) is 12.6 Å². The molecule has 1 aromatic rings. The summed E-state index contributed by atoms with van der Waals surface area (Å²) in [5, 5.41) is 12.7. The van der Waals surface area contributed by atoms with E-state index in [-0.39, 0.29) is 30.4 Å². The van der Waals surface area contributed by atoms with Gasteiger partial charge in [0.25, 0.3) is 0 Å². The maximum Gasteiger partial charge on any atom is 0.231 e. The standard InChI is InChI=1S/C11H14FNO4/c1-13-4-6(14)9-10(12)7(15-2)3-8-11(9)17-5-16-8/h3,6,13-14H,4-5H2,1-2H3. The Labute approximate surface area is 98.1 Å². The molecule has 94 valence electrons. The summed E-state index contributed by atoms with van der Waals surface area (Å²) >= 11 is 0. The van der Waals surface area contributed by atoms with Crippen LogP contribution in [0, 0.1) is 5.82 Å². The lowest BCUT2D eigenvalue weighted by Gasteiger charge is -2.15. The number of rotatable bonds is 4. The minimum Gasteiger partial charge on any atom is -0.494 e. The highest BCUT2D eigenvalue weighted by Crippen LogP contribution is 2.44. The number of hydrogen-bond donors (Lipinski definition) is 2. The molecule has 0 radical (unpaired) electrons. The van der Waals surface area contributed by atoms with Crippen LogP contribution >= 0.6 is 0 Å². The van der Waals surface area contributed by atoms with Gasteiger partial charge in [0.15, 0.2) is 23.1 Å². The van der Waals surface area contributed by atoms with E-state index in [4.69, 9.17) is 14.2 Å². The summed E-state index contributed by atoms with van der Waals surface area (Å²) in [6.07, 6.45) is -1.02. The first kappa shape index (κ1) is 11.9. The highest BCUT2D eigenvalue weighted by atomic mass is 19.1. The van der Waals surface area contributed by atoms with Crippen LogP contribution < -0.4 is 19.5 Å². The quantitative estimate of drug-likeness (QED) is 0.819. The first-order valence-electron chi connectivity index (χ1n) is 5.17. The zero-order chi connectivity index (χ0) is 12.4. The number of ether oxygens (including phenoxy) is 3. The van der Waals surface area contributed by atoms with Crippen molar-refractivity contribution in [3.8, 4) is 17.2 Å². The fraction of sp³-hybridized carbons (Fsp3) is 0.455. The maximum atomic E-state index is 14.1. The highest BCUT2D eigenvalue weighted by molar-refractivity contribution is 5.55. The van der Waals surface area contributed by atoms with Crippen molar-refractivity contribution >= 4 is 0 Å². The molecule has 6 heteroatoms. The van der Waals surface area contributed by atoms with Gasteiger partial charge < -0.3 is 24.6 Å². The van der Waals surface area contributed by atoms with Crippen molar-refractivity contribution in [3.05, 3.63) is 17.4 Å². The number of aliphatic hydroxyl groups excluding tert-OH is 1. The van der Waals surface area contributed by atoms with Gasteiger partial charge >= 0.3 is 0 Å². The van der Waals surface area contributed by atoms with Crippen LogP contribution in [0.2, 0.25) is 0 Å². The number of hydrogen-bond acceptors (Lipinski definition) is 5. The summed E-state index contributed by atoms with van der Waals surface area (Å²) < 4.78 is 29.3. The predicted molar refractivity (Wildman–Crippen MR) is 58.0 cm³/mol. The molecule has 0 amide bonds. The molecular weight excluding hydrogens is 229 g/mol. The Bertz CT molecular complexity index is 424. The number of methoxy groups -OCH3 is 1. The SMILES string of the molecule is CNCC(O)c1c(F)c(OC)cc2c1OCO2. The molecule has 5 nitrogen and oxygen atoms in total. The van der Waals surface area contributed by atoms with E-state index in [1.54, 1.807) is 7.05 Å². The minimum absolute atomic E-state index is 0.0151. The van der Waals surface area contributed by atoms with Gasteiger partial charge in [0.05, 0.1) is 18.8 Å². The molecule has 1 unspecified atom stereocenters. The zero-order valence-corrected chi connectivity index (χ0v) is 9.62. The molecule has 1 atom stereocenters. The molecule has 0 spiro atoms. The van der Waals surface area contributed by atoms with E-state index >= 15 is 0 Å². The lowest BCUT2D eigenvalue weighted by atomic mass is 10.1. The van der Waals surface area contributed by atoms with Gasteiger partial charge in [0.1, 0.15) is 0 Å². The third-order valence-corrected chi connectivity index (χ3v) is 2.55. The second kappa shape index (κ2) is 4.77. The van der Waals surface area contributed by atoms with Crippen molar-refractivity contribution in [2.45, 2.75) is 6.10 Å². The largest absolute Gasteiger partial charge is 0.494 e. The van der Waals surface area contributed by atoms with Gasteiger partial charge in [-0.3, -0.25) is 0 Å². The summed E-state index contributed by atoms with van der Waals surface area (Å²) in [6.45, 7) is 0.223. The van der Waals surface area contributed by atoms with Crippen LogP contribution in [0.3, 0.4) is 0 Å². The van der Waals surface area contributed by atoms with Gasteiger partial charge in [-0.15, -0.1) is 0 Å².